The average Bonchev–Trinajstić information content (AvgIpc) is 3.21. The van der Waals surface area contributed by atoms with Crippen molar-refractivity contribution in [1.29, 1.82) is 5.26 Å². The number of hydrogen-bond donors (Lipinski definition) is 0. The van der Waals surface area contributed by atoms with Crippen LogP contribution in [0.5, 0.6) is 0 Å². The molecule has 0 unspecified atom stereocenters. The van der Waals surface area contributed by atoms with Gasteiger partial charge in [0.1, 0.15) is 0 Å². The van der Waals surface area contributed by atoms with Gasteiger partial charge in [0.15, 0.2) is 17.5 Å². The fraction of sp³-hybridized carbons (Fsp3) is 0. The molecule has 0 spiro atoms. The topological polar surface area (TPSA) is 62.5 Å². The Balaban J connectivity index is 1.27. The lowest BCUT2D eigenvalue weighted by Crippen LogP contribution is -2.00. The molecule has 1 aromatic heterocycles. The van der Waals surface area contributed by atoms with Crippen molar-refractivity contribution in [2.75, 3.05) is 0 Å². The van der Waals surface area contributed by atoms with Crippen LogP contribution in [0.15, 0.2) is 182 Å². The van der Waals surface area contributed by atoms with Gasteiger partial charge in [-0.25, -0.2) is 15.0 Å². The molecule has 0 aliphatic heterocycles. The third-order valence-electron chi connectivity index (χ3n) is 8.78. The van der Waals surface area contributed by atoms with Crippen molar-refractivity contribution in [1.82, 2.24) is 15.0 Å². The normalized spacial score (nSPS) is 10.8. The minimum atomic E-state index is 0.510. The van der Waals surface area contributed by atoms with Crippen LogP contribution in [0.2, 0.25) is 0 Å². The van der Waals surface area contributed by atoms with Crippen LogP contribution in [0.3, 0.4) is 0 Å². The van der Waals surface area contributed by atoms with Crippen LogP contribution in [-0.4, -0.2) is 15.0 Å². The summed E-state index contributed by atoms with van der Waals surface area (Å²) in [5.41, 5.74) is 12.1. The lowest BCUT2D eigenvalue weighted by atomic mass is 9.87. The summed E-state index contributed by atoms with van der Waals surface area (Å²) < 4.78 is 0. The molecule has 0 saturated heterocycles. The molecule has 8 rings (SSSR count). The molecule has 234 valence electrons. The highest BCUT2D eigenvalue weighted by molar-refractivity contribution is 5.95. The van der Waals surface area contributed by atoms with Gasteiger partial charge < -0.3 is 0 Å². The minimum Gasteiger partial charge on any atom is -0.208 e. The molecular weight excluding hydrogens is 609 g/mol. The van der Waals surface area contributed by atoms with Gasteiger partial charge in [-0.2, -0.15) is 5.26 Å². The van der Waals surface area contributed by atoms with Crippen LogP contribution in [-0.2, 0) is 0 Å². The van der Waals surface area contributed by atoms with Gasteiger partial charge in [0, 0.05) is 16.7 Å². The maximum Gasteiger partial charge on any atom is 0.164 e. The summed E-state index contributed by atoms with van der Waals surface area (Å²) >= 11 is 0. The summed E-state index contributed by atoms with van der Waals surface area (Å²) in [5, 5.41) is 9.63. The standard InChI is InChI=1S/C46H30N4/c47-31-32-13-10-21-39(29-32)45-48-44(37-27-25-34(26-28-37)33-14-4-1-5-15-33)49-46(50-45)40-22-11-20-38(30-40)42-24-12-23-41(35-16-6-2-7-17-35)43(42)36-18-8-3-9-19-36/h1-30H. The van der Waals surface area contributed by atoms with Crippen LogP contribution >= 0.6 is 0 Å². The summed E-state index contributed by atoms with van der Waals surface area (Å²) in [6.45, 7) is 0. The number of rotatable bonds is 7. The Kier molecular flexibility index (Phi) is 8.29. The van der Waals surface area contributed by atoms with E-state index in [4.69, 9.17) is 15.0 Å². The Morgan fingerprint density at radius 3 is 1.36 bits per heavy atom. The third kappa shape index (κ3) is 6.20. The van der Waals surface area contributed by atoms with E-state index >= 15 is 0 Å². The Morgan fingerprint density at radius 2 is 0.740 bits per heavy atom. The molecular formula is C46H30N4. The van der Waals surface area contributed by atoms with Crippen LogP contribution in [0.4, 0.5) is 0 Å². The quantitative estimate of drug-likeness (QED) is 0.174. The van der Waals surface area contributed by atoms with E-state index in [1.165, 1.54) is 11.1 Å². The molecule has 50 heavy (non-hydrogen) atoms. The molecule has 0 bridgehead atoms. The minimum absolute atomic E-state index is 0.510. The molecule has 8 aromatic rings. The molecule has 4 heteroatoms. The highest BCUT2D eigenvalue weighted by atomic mass is 15.0. The molecule has 0 fully saturated rings. The van der Waals surface area contributed by atoms with Gasteiger partial charge in [0.05, 0.1) is 11.6 Å². The number of nitrogens with zero attached hydrogens (tertiary/aromatic N) is 4. The van der Waals surface area contributed by atoms with Crippen molar-refractivity contribution in [3.05, 3.63) is 188 Å². The van der Waals surface area contributed by atoms with Gasteiger partial charge >= 0.3 is 0 Å². The van der Waals surface area contributed by atoms with E-state index < -0.39 is 0 Å². The molecule has 0 atom stereocenters. The van der Waals surface area contributed by atoms with Crippen molar-refractivity contribution < 1.29 is 0 Å². The van der Waals surface area contributed by atoms with Crippen LogP contribution in [0.1, 0.15) is 5.56 Å². The number of benzene rings is 7. The van der Waals surface area contributed by atoms with Crippen molar-refractivity contribution in [3.63, 3.8) is 0 Å². The zero-order valence-corrected chi connectivity index (χ0v) is 27.1. The van der Waals surface area contributed by atoms with Gasteiger partial charge in [0.25, 0.3) is 0 Å². The molecule has 7 aromatic carbocycles. The lowest BCUT2D eigenvalue weighted by molar-refractivity contribution is 1.07. The maximum atomic E-state index is 9.63. The van der Waals surface area contributed by atoms with E-state index in [0.29, 0.717) is 23.0 Å². The molecule has 0 amide bonds. The van der Waals surface area contributed by atoms with Crippen molar-refractivity contribution in [2.24, 2.45) is 0 Å². The van der Waals surface area contributed by atoms with Crippen molar-refractivity contribution in [2.45, 2.75) is 0 Å². The average molecular weight is 639 g/mol. The zero-order valence-electron chi connectivity index (χ0n) is 27.1. The van der Waals surface area contributed by atoms with E-state index in [2.05, 4.69) is 127 Å². The van der Waals surface area contributed by atoms with E-state index in [1.807, 2.05) is 54.6 Å². The highest BCUT2D eigenvalue weighted by Gasteiger charge is 2.17. The Bertz CT molecular complexity index is 2470. The first-order chi connectivity index (χ1) is 24.7. The monoisotopic (exact) mass is 638 g/mol. The molecule has 0 aliphatic rings. The molecule has 1 heterocycles. The Morgan fingerprint density at radius 1 is 0.320 bits per heavy atom. The number of aromatic nitrogens is 3. The first kappa shape index (κ1) is 30.4. The summed E-state index contributed by atoms with van der Waals surface area (Å²) in [7, 11) is 0. The van der Waals surface area contributed by atoms with Gasteiger partial charge in [0.2, 0.25) is 0 Å². The van der Waals surface area contributed by atoms with Crippen LogP contribution < -0.4 is 0 Å². The fourth-order valence-electron chi connectivity index (χ4n) is 6.33. The number of nitriles is 1. The second-order valence-corrected chi connectivity index (χ2v) is 12.0. The third-order valence-corrected chi connectivity index (χ3v) is 8.78. The second kappa shape index (κ2) is 13.6. The van der Waals surface area contributed by atoms with Crippen LogP contribution in [0.25, 0.3) is 78.7 Å². The zero-order chi connectivity index (χ0) is 33.7. The smallest absolute Gasteiger partial charge is 0.164 e. The van der Waals surface area contributed by atoms with Gasteiger partial charge in [-0.15, -0.1) is 0 Å². The van der Waals surface area contributed by atoms with Crippen LogP contribution in [0, 0.1) is 11.3 Å². The largest absolute Gasteiger partial charge is 0.208 e. The molecule has 0 saturated carbocycles. The molecule has 0 aliphatic carbocycles. The van der Waals surface area contributed by atoms with E-state index in [-0.39, 0.29) is 0 Å². The predicted octanol–water partition coefficient (Wildman–Crippen LogP) is 11.4. The molecule has 0 N–H and O–H groups in total. The summed E-state index contributed by atoms with van der Waals surface area (Å²) in [6.07, 6.45) is 0. The van der Waals surface area contributed by atoms with Crippen molar-refractivity contribution in [3.8, 4) is 84.7 Å². The van der Waals surface area contributed by atoms with E-state index in [0.717, 1.165) is 50.1 Å². The first-order valence-corrected chi connectivity index (χ1v) is 16.5. The summed E-state index contributed by atoms with van der Waals surface area (Å²) in [5.74, 6) is 1.63. The van der Waals surface area contributed by atoms with Gasteiger partial charge in [-0.1, -0.05) is 164 Å². The highest BCUT2D eigenvalue weighted by Crippen LogP contribution is 2.41. The van der Waals surface area contributed by atoms with E-state index in [9.17, 15) is 5.26 Å². The summed E-state index contributed by atoms with van der Waals surface area (Å²) in [6, 6.07) is 64.2. The first-order valence-electron chi connectivity index (χ1n) is 16.5. The van der Waals surface area contributed by atoms with Gasteiger partial charge in [-0.3, -0.25) is 0 Å². The second-order valence-electron chi connectivity index (χ2n) is 12.0. The maximum absolute atomic E-state index is 9.63. The predicted molar refractivity (Wildman–Crippen MR) is 203 cm³/mol. The number of hydrogen-bond acceptors (Lipinski definition) is 4. The fourth-order valence-corrected chi connectivity index (χ4v) is 6.33. The Hall–Kier alpha value is -6.96. The summed E-state index contributed by atoms with van der Waals surface area (Å²) in [4.78, 5) is 15.0. The molecule has 0 radical (unpaired) electrons. The lowest BCUT2D eigenvalue weighted by Gasteiger charge is -2.17. The van der Waals surface area contributed by atoms with Crippen molar-refractivity contribution >= 4 is 0 Å². The Labute approximate surface area is 291 Å². The van der Waals surface area contributed by atoms with E-state index in [1.54, 1.807) is 6.07 Å². The molecule has 4 nitrogen and oxygen atoms in total. The SMILES string of the molecule is N#Cc1cccc(-c2nc(-c3ccc(-c4ccccc4)cc3)nc(-c3cccc(-c4cccc(-c5ccccc5)c4-c4ccccc4)c3)n2)c1. The van der Waals surface area contributed by atoms with Gasteiger partial charge in [-0.05, 0) is 62.7 Å².